The number of hydrogen-bond acceptors (Lipinski definition) is 4. The number of ether oxygens (including phenoxy) is 2. The molecule has 3 aromatic rings. The van der Waals surface area contributed by atoms with Gasteiger partial charge in [0.25, 0.3) is 0 Å². The van der Waals surface area contributed by atoms with E-state index >= 15 is 0 Å². The van der Waals surface area contributed by atoms with Crippen LogP contribution in [-0.4, -0.2) is 20.1 Å². The number of para-hydroxylation sites is 1. The second-order valence-electron chi connectivity index (χ2n) is 6.26. The van der Waals surface area contributed by atoms with Crippen LogP contribution in [-0.2, 0) is 4.79 Å². The zero-order valence-corrected chi connectivity index (χ0v) is 15.7. The first kappa shape index (κ1) is 17.5. The Labute approximate surface area is 160 Å². The van der Waals surface area contributed by atoms with Crippen molar-refractivity contribution in [3.05, 3.63) is 64.1 Å². The number of thiophene rings is 1. The van der Waals surface area contributed by atoms with Crippen molar-refractivity contribution in [3.63, 3.8) is 0 Å². The fraction of sp³-hybridized carbons (Fsp3) is 0.190. The quantitative estimate of drug-likeness (QED) is 0.686. The number of hydrogen-bond donors (Lipinski definition) is 1. The van der Waals surface area contributed by atoms with Crippen molar-refractivity contribution in [3.8, 4) is 22.6 Å². The molecule has 2 aromatic carbocycles. The van der Waals surface area contributed by atoms with Crippen LogP contribution >= 0.6 is 11.3 Å². The van der Waals surface area contributed by atoms with Crippen molar-refractivity contribution >= 4 is 22.9 Å². The lowest BCUT2D eigenvalue weighted by molar-refractivity contribution is -0.116. The summed E-state index contributed by atoms with van der Waals surface area (Å²) in [5.41, 5.74) is 2.74. The van der Waals surface area contributed by atoms with Crippen LogP contribution in [0, 0.1) is 5.82 Å². The summed E-state index contributed by atoms with van der Waals surface area (Å²) < 4.78 is 25.3. The maximum atomic E-state index is 14.3. The topological polar surface area (TPSA) is 47.6 Å². The van der Waals surface area contributed by atoms with Crippen molar-refractivity contribution < 1.29 is 18.7 Å². The lowest BCUT2D eigenvalue weighted by Crippen LogP contribution is -2.22. The number of halogens is 1. The van der Waals surface area contributed by atoms with Gasteiger partial charge in [-0.2, -0.15) is 0 Å². The van der Waals surface area contributed by atoms with E-state index in [0.29, 0.717) is 34.7 Å². The number of anilines is 1. The van der Waals surface area contributed by atoms with Crippen LogP contribution in [0.5, 0.6) is 11.5 Å². The van der Waals surface area contributed by atoms with Crippen molar-refractivity contribution in [2.75, 3.05) is 19.5 Å². The summed E-state index contributed by atoms with van der Waals surface area (Å²) in [5, 5.41) is 4.83. The Balaban J connectivity index is 1.87. The SMILES string of the molecule is COc1cccc([C@@H]2CC(=O)Nc3c(-c4ccccc4F)csc32)c1OC. The molecule has 1 amide bonds. The predicted octanol–water partition coefficient (Wildman–Crippen LogP) is 5.05. The Kier molecular flexibility index (Phi) is 4.58. The number of fused-ring (bicyclic) bond motifs is 1. The molecule has 1 aliphatic heterocycles. The molecular formula is C21H18FNO3S. The Hall–Kier alpha value is -2.86. The Bertz CT molecular complexity index is 1010. The van der Waals surface area contributed by atoms with Gasteiger partial charge in [-0.25, -0.2) is 4.39 Å². The van der Waals surface area contributed by atoms with Crippen molar-refractivity contribution in [1.29, 1.82) is 0 Å². The van der Waals surface area contributed by atoms with E-state index in [1.165, 1.54) is 17.4 Å². The van der Waals surface area contributed by atoms with Crippen LogP contribution in [0.15, 0.2) is 47.8 Å². The number of carbonyl (C=O) groups is 1. The third-order valence-electron chi connectivity index (χ3n) is 4.76. The van der Waals surface area contributed by atoms with Crippen LogP contribution in [0.2, 0.25) is 0 Å². The first-order valence-electron chi connectivity index (χ1n) is 8.51. The van der Waals surface area contributed by atoms with E-state index in [1.54, 1.807) is 32.4 Å². The normalized spacial score (nSPS) is 15.8. The predicted molar refractivity (Wildman–Crippen MR) is 104 cm³/mol. The summed E-state index contributed by atoms with van der Waals surface area (Å²) in [6.45, 7) is 0. The average Bonchev–Trinajstić information content (AvgIpc) is 3.10. The summed E-state index contributed by atoms with van der Waals surface area (Å²) >= 11 is 1.52. The smallest absolute Gasteiger partial charge is 0.225 e. The highest BCUT2D eigenvalue weighted by atomic mass is 32.1. The summed E-state index contributed by atoms with van der Waals surface area (Å²) in [4.78, 5) is 13.4. The largest absolute Gasteiger partial charge is 0.493 e. The highest BCUT2D eigenvalue weighted by molar-refractivity contribution is 7.11. The molecule has 1 N–H and O–H groups in total. The lowest BCUT2D eigenvalue weighted by atomic mass is 9.88. The Morgan fingerprint density at radius 3 is 2.63 bits per heavy atom. The first-order valence-corrected chi connectivity index (χ1v) is 9.39. The molecule has 1 aromatic heterocycles. The van der Waals surface area contributed by atoms with Crippen LogP contribution in [0.3, 0.4) is 0 Å². The second kappa shape index (κ2) is 7.04. The zero-order valence-electron chi connectivity index (χ0n) is 14.9. The zero-order chi connectivity index (χ0) is 19.0. The molecule has 27 heavy (non-hydrogen) atoms. The summed E-state index contributed by atoms with van der Waals surface area (Å²) in [6, 6.07) is 12.2. The minimum absolute atomic E-state index is 0.103. The molecule has 0 bridgehead atoms. The summed E-state index contributed by atoms with van der Waals surface area (Å²) in [6.07, 6.45) is 0.299. The second-order valence-corrected chi connectivity index (χ2v) is 7.17. The molecule has 6 heteroatoms. The number of carbonyl (C=O) groups excluding carboxylic acids is 1. The molecule has 0 radical (unpaired) electrons. The van der Waals surface area contributed by atoms with Crippen molar-refractivity contribution in [2.45, 2.75) is 12.3 Å². The summed E-state index contributed by atoms with van der Waals surface area (Å²) in [7, 11) is 3.17. The van der Waals surface area contributed by atoms with Crippen LogP contribution in [0.25, 0.3) is 11.1 Å². The highest BCUT2D eigenvalue weighted by Crippen LogP contribution is 2.49. The third kappa shape index (κ3) is 2.96. The standard InChI is InChI=1S/C21H18FNO3S/c1-25-17-9-5-7-13(20(17)26-2)14-10-18(24)23-19-15(11-27-21(14)19)12-6-3-4-8-16(12)22/h3-9,11,14H,10H2,1-2H3,(H,23,24)/t14-/m0/s1. The molecule has 1 atom stereocenters. The molecule has 0 spiro atoms. The molecule has 0 saturated carbocycles. The fourth-order valence-corrected chi connectivity index (χ4v) is 4.69. The molecule has 2 heterocycles. The minimum atomic E-state index is -0.312. The van der Waals surface area contributed by atoms with Crippen LogP contribution in [0.1, 0.15) is 22.8 Å². The number of amides is 1. The average molecular weight is 383 g/mol. The van der Waals surface area contributed by atoms with Gasteiger partial charge in [-0.15, -0.1) is 11.3 Å². The van der Waals surface area contributed by atoms with E-state index < -0.39 is 0 Å². The van der Waals surface area contributed by atoms with Crippen LogP contribution in [0.4, 0.5) is 10.1 Å². The van der Waals surface area contributed by atoms with Gasteiger partial charge in [-0.3, -0.25) is 4.79 Å². The number of rotatable bonds is 4. The van der Waals surface area contributed by atoms with E-state index in [4.69, 9.17) is 9.47 Å². The highest BCUT2D eigenvalue weighted by Gasteiger charge is 2.33. The van der Waals surface area contributed by atoms with Crippen LogP contribution < -0.4 is 14.8 Å². The maximum Gasteiger partial charge on any atom is 0.225 e. The molecule has 4 nitrogen and oxygen atoms in total. The van der Waals surface area contributed by atoms with Gasteiger partial charge in [0.15, 0.2) is 11.5 Å². The van der Waals surface area contributed by atoms with E-state index in [2.05, 4.69) is 5.32 Å². The van der Waals surface area contributed by atoms with Gasteiger partial charge < -0.3 is 14.8 Å². The monoisotopic (exact) mass is 383 g/mol. The number of methoxy groups -OCH3 is 2. The fourth-order valence-electron chi connectivity index (χ4n) is 3.54. The van der Waals surface area contributed by atoms with Gasteiger partial charge in [0.1, 0.15) is 5.82 Å². The number of benzene rings is 2. The van der Waals surface area contributed by atoms with E-state index in [1.807, 2.05) is 23.6 Å². The van der Waals surface area contributed by atoms with Gasteiger partial charge >= 0.3 is 0 Å². The lowest BCUT2D eigenvalue weighted by Gasteiger charge is -2.26. The van der Waals surface area contributed by atoms with Crippen molar-refractivity contribution in [1.82, 2.24) is 0 Å². The molecule has 0 fully saturated rings. The van der Waals surface area contributed by atoms with E-state index in [-0.39, 0.29) is 17.6 Å². The first-order chi connectivity index (χ1) is 13.1. The molecule has 4 rings (SSSR count). The number of nitrogens with one attached hydrogen (secondary N) is 1. The Morgan fingerprint density at radius 2 is 1.89 bits per heavy atom. The molecule has 138 valence electrons. The van der Waals surface area contributed by atoms with E-state index in [9.17, 15) is 9.18 Å². The van der Waals surface area contributed by atoms with Gasteiger partial charge in [0, 0.05) is 39.3 Å². The molecular weight excluding hydrogens is 365 g/mol. The molecule has 0 aliphatic carbocycles. The molecule has 1 aliphatic rings. The Morgan fingerprint density at radius 1 is 1.07 bits per heavy atom. The van der Waals surface area contributed by atoms with E-state index in [0.717, 1.165) is 10.4 Å². The van der Waals surface area contributed by atoms with Gasteiger partial charge in [0.2, 0.25) is 5.91 Å². The minimum Gasteiger partial charge on any atom is -0.493 e. The molecule has 0 saturated heterocycles. The summed E-state index contributed by atoms with van der Waals surface area (Å²) in [5.74, 6) is 0.644. The maximum absolute atomic E-state index is 14.3. The third-order valence-corrected chi connectivity index (χ3v) is 5.86. The van der Waals surface area contributed by atoms with Gasteiger partial charge in [-0.05, 0) is 12.1 Å². The van der Waals surface area contributed by atoms with Gasteiger partial charge in [-0.1, -0.05) is 30.3 Å². The van der Waals surface area contributed by atoms with Gasteiger partial charge in [0.05, 0.1) is 19.9 Å². The van der Waals surface area contributed by atoms with Crippen molar-refractivity contribution in [2.24, 2.45) is 0 Å². The molecule has 0 unspecified atom stereocenters.